The van der Waals surface area contributed by atoms with Crippen LogP contribution in [0.4, 0.5) is 14.5 Å². The molecule has 1 aromatic rings. The number of rotatable bonds is 5. The Balaban J connectivity index is 1.50. The van der Waals surface area contributed by atoms with E-state index in [1.54, 1.807) is 12.1 Å². The van der Waals surface area contributed by atoms with E-state index in [4.69, 9.17) is 0 Å². The molecule has 2 aliphatic rings. The molecule has 5 nitrogen and oxygen atoms in total. The second-order valence-electron chi connectivity index (χ2n) is 7.32. The Hall–Kier alpha value is -1.25. The lowest BCUT2D eigenvalue weighted by Gasteiger charge is -2.41. The van der Waals surface area contributed by atoms with Crippen LogP contribution >= 0.6 is 0 Å². The lowest BCUT2D eigenvalue weighted by Crippen LogP contribution is -2.48. The minimum atomic E-state index is -4.52. The fourth-order valence-electron chi connectivity index (χ4n) is 3.85. The van der Waals surface area contributed by atoms with E-state index in [1.165, 1.54) is 25.0 Å². The van der Waals surface area contributed by atoms with Gasteiger partial charge in [-0.05, 0) is 70.1 Å². The van der Waals surface area contributed by atoms with Crippen LogP contribution in [0, 0.1) is 0 Å². The largest absolute Gasteiger partial charge is 0.382 e. The Labute approximate surface area is 154 Å². The van der Waals surface area contributed by atoms with E-state index < -0.39 is 15.6 Å². The van der Waals surface area contributed by atoms with E-state index in [-0.39, 0.29) is 4.90 Å². The summed E-state index contributed by atoms with van der Waals surface area (Å²) in [6.45, 7) is 4.45. The molecule has 0 saturated carbocycles. The van der Waals surface area contributed by atoms with Crippen molar-refractivity contribution in [3.05, 3.63) is 24.3 Å². The predicted octanol–water partition coefficient (Wildman–Crippen LogP) is 2.65. The third-order valence-corrected chi connectivity index (χ3v) is 6.92. The fraction of sp³-hybridized carbons (Fsp3) is 0.667. The average molecular weight is 387 g/mol. The molecule has 8 heteroatoms. The third-order valence-electron chi connectivity index (χ3n) is 5.52. The van der Waals surface area contributed by atoms with E-state index in [0.717, 1.165) is 44.7 Å². The number of nitrogens with zero attached hydrogens (tertiary/aromatic N) is 2. The first-order chi connectivity index (χ1) is 12.4. The zero-order valence-corrected chi connectivity index (χ0v) is 15.9. The molecule has 0 spiro atoms. The molecule has 0 amide bonds. The van der Waals surface area contributed by atoms with Gasteiger partial charge in [-0.2, -0.15) is 8.78 Å². The minimum Gasteiger partial charge on any atom is -0.382 e. The minimum absolute atomic E-state index is 0.329. The van der Waals surface area contributed by atoms with Gasteiger partial charge >= 0.3 is 5.76 Å². The molecule has 2 fully saturated rings. The molecule has 0 bridgehead atoms. The highest BCUT2D eigenvalue weighted by molar-refractivity contribution is 7.91. The molecule has 0 aliphatic carbocycles. The van der Waals surface area contributed by atoms with Crippen LogP contribution in [0.1, 0.15) is 25.7 Å². The van der Waals surface area contributed by atoms with Crippen molar-refractivity contribution in [1.29, 1.82) is 0 Å². The Morgan fingerprint density at radius 1 is 1.00 bits per heavy atom. The molecule has 0 unspecified atom stereocenters. The quantitative estimate of drug-likeness (QED) is 0.842. The molecule has 0 radical (unpaired) electrons. The fourth-order valence-corrected chi connectivity index (χ4v) is 4.57. The lowest BCUT2D eigenvalue weighted by molar-refractivity contribution is 0.0994. The summed E-state index contributed by atoms with van der Waals surface area (Å²) >= 11 is 0. The number of piperidine rings is 2. The van der Waals surface area contributed by atoms with Gasteiger partial charge in [-0.3, -0.25) is 0 Å². The summed E-state index contributed by atoms with van der Waals surface area (Å²) in [5, 5.41) is 3.40. The van der Waals surface area contributed by atoms with Crippen molar-refractivity contribution in [3.8, 4) is 0 Å². The molecule has 3 rings (SSSR count). The second kappa shape index (κ2) is 8.19. The van der Waals surface area contributed by atoms with Crippen LogP contribution in [0.2, 0.25) is 0 Å². The monoisotopic (exact) mass is 387 g/mol. The summed E-state index contributed by atoms with van der Waals surface area (Å²) < 4.78 is 48.1. The predicted molar refractivity (Wildman–Crippen MR) is 98.4 cm³/mol. The van der Waals surface area contributed by atoms with Crippen LogP contribution in [0.25, 0.3) is 0 Å². The lowest BCUT2D eigenvalue weighted by atomic mass is 9.98. The molecule has 0 atom stereocenters. The number of alkyl halides is 2. The van der Waals surface area contributed by atoms with E-state index in [1.807, 2.05) is 0 Å². The van der Waals surface area contributed by atoms with E-state index in [2.05, 4.69) is 22.2 Å². The van der Waals surface area contributed by atoms with E-state index in [9.17, 15) is 17.2 Å². The van der Waals surface area contributed by atoms with Gasteiger partial charge in [-0.1, -0.05) is 0 Å². The molecule has 2 aliphatic heterocycles. The highest BCUT2D eigenvalue weighted by Crippen LogP contribution is 2.24. The zero-order valence-electron chi connectivity index (χ0n) is 15.1. The normalized spacial score (nSPS) is 22.0. The molecule has 1 N–H and O–H groups in total. The van der Waals surface area contributed by atoms with Gasteiger partial charge in [-0.15, -0.1) is 0 Å². The molecule has 146 valence electrons. The first kappa shape index (κ1) is 19.5. The number of halogens is 2. The van der Waals surface area contributed by atoms with Crippen LogP contribution in [-0.4, -0.2) is 69.3 Å². The molecule has 0 aromatic heterocycles. The van der Waals surface area contributed by atoms with Gasteiger partial charge in [0.25, 0.3) is 0 Å². The van der Waals surface area contributed by atoms with E-state index in [0.29, 0.717) is 12.1 Å². The molecule has 2 heterocycles. The van der Waals surface area contributed by atoms with Gasteiger partial charge in [0.2, 0.25) is 9.84 Å². The number of nitrogens with one attached hydrogen (secondary N) is 1. The maximum atomic E-state index is 12.6. The van der Waals surface area contributed by atoms with Gasteiger partial charge < -0.3 is 15.1 Å². The van der Waals surface area contributed by atoms with Crippen molar-refractivity contribution in [1.82, 2.24) is 9.80 Å². The van der Waals surface area contributed by atoms with Gasteiger partial charge in [0.15, 0.2) is 0 Å². The van der Waals surface area contributed by atoms with Crippen LogP contribution in [0.3, 0.4) is 0 Å². The van der Waals surface area contributed by atoms with Crippen molar-refractivity contribution >= 4 is 15.5 Å². The SMILES string of the molecule is CN1CCC(N2CCC(Nc3ccc(S(=O)(=O)C(F)F)cc3)CC2)CC1. The number of likely N-dealkylation sites (tertiary alicyclic amines) is 2. The van der Waals surface area contributed by atoms with Crippen molar-refractivity contribution < 1.29 is 17.2 Å². The van der Waals surface area contributed by atoms with Crippen molar-refractivity contribution in [2.24, 2.45) is 0 Å². The first-order valence-electron chi connectivity index (χ1n) is 9.17. The summed E-state index contributed by atoms with van der Waals surface area (Å²) in [5.74, 6) is -3.38. The zero-order chi connectivity index (χ0) is 18.7. The average Bonchev–Trinajstić information content (AvgIpc) is 2.63. The summed E-state index contributed by atoms with van der Waals surface area (Å²) in [6, 6.07) is 6.65. The highest BCUT2D eigenvalue weighted by Gasteiger charge is 2.28. The second-order valence-corrected chi connectivity index (χ2v) is 9.24. The number of hydrogen-bond acceptors (Lipinski definition) is 5. The first-order valence-corrected chi connectivity index (χ1v) is 10.7. The summed E-state index contributed by atoms with van der Waals surface area (Å²) in [4.78, 5) is 4.63. The van der Waals surface area contributed by atoms with Crippen LogP contribution in [0.15, 0.2) is 29.2 Å². The van der Waals surface area contributed by atoms with Crippen LogP contribution in [0.5, 0.6) is 0 Å². The van der Waals surface area contributed by atoms with Crippen molar-refractivity contribution in [2.45, 2.75) is 48.4 Å². The Kier molecular flexibility index (Phi) is 6.14. The molecular formula is C18H27F2N3O2S. The smallest absolute Gasteiger partial charge is 0.341 e. The van der Waals surface area contributed by atoms with Crippen LogP contribution < -0.4 is 5.32 Å². The molecule has 2 saturated heterocycles. The van der Waals surface area contributed by atoms with Gasteiger partial charge in [0, 0.05) is 30.9 Å². The van der Waals surface area contributed by atoms with Crippen LogP contribution in [-0.2, 0) is 9.84 Å². The highest BCUT2D eigenvalue weighted by atomic mass is 32.2. The summed E-state index contributed by atoms with van der Waals surface area (Å²) in [5.41, 5.74) is 0.774. The molecule has 1 aromatic carbocycles. The molecular weight excluding hydrogens is 360 g/mol. The van der Waals surface area contributed by atoms with Gasteiger partial charge in [0.1, 0.15) is 0 Å². The number of sulfone groups is 1. The van der Waals surface area contributed by atoms with E-state index >= 15 is 0 Å². The number of anilines is 1. The van der Waals surface area contributed by atoms with Crippen molar-refractivity contribution in [2.75, 3.05) is 38.5 Å². The van der Waals surface area contributed by atoms with Gasteiger partial charge in [-0.25, -0.2) is 8.42 Å². The Morgan fingerprint density at radius 2 is 1.58 bits per heavy atom. The standard InChI is InChI=1S/C18H27F2N3O2S/c1-22-10-8-16(9-11-22)23-12-6-15(7-13-23)21-14-2-4-17(5-3-14)26(24,25)18(19)20/h2-5,15-16,18,21H,6-13H2,1H3. The maximum absolute atomic E-state index is 12.6. The summed E-state index contributed by atoms with van der Waals surface area (Å²) in [7, 11) is -2.35. The maximum Gasteiger partial charge on any atom is 0.341 e. The molecule has 26 heavy (non-hydrogen) atoms. The number of benzene rings is 1. The van der Waals surface area contributed by atoms with Crippen molar-refractivity contribution in [3.63, 3.8) is 0 Å². The topological polar surface area (TPSA) is 52.6 Å². The number of hydrogen-bond donors (Lipinski definition) is 1. The Bertz CT molecular complexity index is 681. The van der Waals surface area contributed by atoms with Gasteiger partial charge in [0.05, 0.1) is 4.90 Å². The summed E-state index contributed by atoms with van der Waals surface area (Å²) in [6.07, 6.45) is 4.52. The Morgan fingerprint density at radius 3 is 2.12 bits per heavy atom. The third kappa shape index (κ3) is 4.53.